The number of rotatable bonds is 9. The van der Waals surface area contributed by atoms with Crippen LogP contribution in [0, 0.1) is 0 Å². The lowest BCUT2D eigenvalue weighted by Gasteiger charge is -1.97. The summed E-state index contributed by atoms with van der Waals surface area (Å²) in [6.07, 6.45) is 10.0. The van der Waals surface area contributed by atoms with Gasteiger partial charge < -0.3 is 5.11 Å². The van der Waals surface area contributed by atoms with Gasteiger partial charge in [-0.1, -0.05) is 32.6 Å². The minimum absolute atomic E-state index is 0.0733. The van der Waals surface area contributed by atoms with E-state index in [4.69, 9.17) is 5.11 Å². The maximum absolute atomic E-state index is 11.6. The number of allylic oxidation sites excluding steroid dienone is 1. The second kappa shape index (κ2) is 9.06. The molecule has 1 aromatic rings. The van der Waals surface area contributed by atoms with Crippen molar-refractivity contribution in [2.24, 2.45) is 0 Å². The van der Waals surface area contributed by atoms with E-state index in [9.17, 15) is 4.79 Å². The summed E-state index contributed by atoms with van der Waals surface area (Å²) >= 11 is 1.52. The highest BCUT2D eigenvalue weighted by Crippen LogP contribution is 2.17. The molecule has 0 aromatic carbocycles. The van der Waals surface area contributed by atoms with Crippen molar-refractivity contribution < 1.29 is 9.90 Å². The minimum atomic E-state index is 0.0733. The summed E-state index contributed by atoms with van der Waals surface area (Å²) < 4.78 is 0. The molecular formula is C15H22O2S. The Morgan fingerprint density at radius 3 is 2.72 bits per heavy atom. The lowest BCUT2D eigenvalue weighted by molar-refractivity contribution is -0.114. The molecule has 0 saturated heterocycles. The van der Waals surface area contributed by atoms with Crippen molar-refractivity contribution in [3.8, 4) is 0 Å². The van der Waals surface area contributed by atoms with Crippen LogP contribution in [0.15, 0.2) is 18.2 Å². The SMILES string of the molecule is CCCCCCCC(=O)C=Cc1ccc(CO)s1. The van der Waals surface area contributed by atoms with E-state index in [0.717, 1.165) is 22.6 Å². The molecule has 0 fully saturated rings. The van der Waals surface area contributed by atoms with Gasteiger partial charge in [0.15, 0.2) is 5.78 Å². The normalized spacial score (nSPS) is 11.2. The molecule has 1 rings (SSSR count). The second-order valence-electron chi connectivity index (χ2n) is 4.43. The van der Waals surface area contributed by atoms with Crippen LogP contribution in [0.1, 0.15) is 55.2 Å². The van der Waals surface area contributed by atoms with Crippen LogP contribution >= 0.6 is 11.3 Å². The molecule has 0 amide bonds. The van der Waals surface area contributed by atoms with Gasteiger partial charge in [0.1, 0.15) is 0 Å². The third kappa shape index (κ3) is 6.12. The number of aliphatic hydroxyl groups is 1. The lowest BCUT2D eigenvalue weighted by atomic mass is 10.1. The number of unbranched alkanes of at least 4 members (excludes halogenated alkanes) is 4. The second-order valence-corrected chi connectivity index (χ2v) is 5.63. The Kier molecular flexibility index (Phi) is 7.62. The molecule has 0 atom stereocenters. The summed E-state index contributed by atoms with van der Waals surface area (Å²) in [4.78, 5) is 13.6. The Bertz CT molecular complexity index is 380. The molecule has 0 aliphatic carbocycles. The number of ketones is 1. The van der Waals surface area contributed by atoms with Crippen LogP contribution < -0.4 is 0 Å². The van der Waals surface area contributed by atoms with E-state index < -0.39 is 0 Å². The van der Waals surface area contributed by atoms with Crippen molar-refractivity contribution in [2.45, 2.75) is 52.1 Å². The van der Waals surface area contributed by atoms with Crippen LogP contribution in [0.2, 0.25) is 0 Å². The molecule has 0 bridgehead atoms. The average molecular weight is 266 g/mol. The summed E-state index contributed by atoms with van der Waals surface area (Å²) in [6.45, 7) is 2.26. The van der Waals surface area contributed by atoms with Gasteiger partial charge >= 0.3 is 0 Å². The minimum Gasteiger partial charge on any atom is -0.391 e. The zero-order valence-corrected chi connectivity index (χ0v) is 11.8. The summed E-state index contributed by atoms with van der Waals surface area (Å²) in [5, 5.41) is 8.93. The van der Waals surface area contributed by atoms with E-state index in [1.165, 1.54) is 30.6 Å². The van der Waals surface area contributed by atoms with E-state index in [1.54, 1.807) is 6.08 Å². The van der Waals surface area contributed by atoms with Crippen molar-refractivity contribution in [1.29, 1.82) is 0 Å². The monoisotopic (exact) mass is 266 g/mol. The van der Waals surface area contributed by atoms with Gasteiger partial charge in [0.25, 0.3) is 0 Å². The highest BCUT2D eigenvalue weighted by Gasteiger charge is 1.99. The fraction of sp³-hybridized carbons (Fsp3) is 0.533. The summed E-state index contributed by atoms with van der Waals surface area (Å²) in [7, 11) is 0. The molecule has 2 nitrogen and oxygen atoms in total. The number of carbonyl (C=O) groups excluding carboxylic acids is 1. The molecule has 0 spiro atoms. The summed E-state index contributed by atoms with van der Waals surface area (Å²) in [6, 6.07) is 3.82. The average Bonchev–Trinajstić information content (AvgIpc) is 2.84. The van der Waals surface area contributed by atoms with Crippen LogP contribution in [0.4, 0.5) is 0 Å². The Hall–Kier alpha value is -0.930. The van der Waals surface area contributed by atoms with E-state index in [-0.39, 0.29) is 12.4 Å². The number of hydrogen-bond donors (Lipinski definition) is 1. The van der Waals surface area contributed by atoms with Gasteiger partial charge in [-0.25, -0.2) is 0 Å². The van der Waals surface area contributed by atoms with Crippen LogP contribution in [-0.4, -0.2) is 10.9 Å². The number of hydrogen-bond acceptors (Lipinski definition) is 3. The van der Waals surface area contributed by atoms with Crippen molar-refractivity contribution in [3.63, 3.8) is 0 Å². The third-order valence-corrected chi connectivity index (χ3v) is 3.83. The van der Waals surface area contributed by atoms with Crippen LogP contribution in [-0.2, 0) is 11.4 Å². The number of thiophene rings is 1. The van der Waals surface area contributed by atoms with Gasteiger partial charge in [-0.3, -0.25) is 4.79 Å². The standard InChI is InChI=1S/C15H22O2S/c1-2-3-4-5-6-7-13(17)8-9-14-10-11-15(12-16)18-14/h8-11,16H,2-7,12H2,1H3. The highest BCUT2D eigenvalue weighted by atomic mass is 32.1. The Balaban J connectivity index is 2.22. The summed E-state index contributed by atoms with van der Waals surface area (Å²) in [5.74, 6) is 0.199. The molecule has 0 radical (unpaired) electrons. The van der Waals surface area contributed by atoms with Crippen molar-refractivity contribution in [2.75, 3.05) is 0 Å². The first kappa shape index (κ1) is 15.1. The van der Waals surface area contributed by atoms with Crippen molar-refractivity contribution in [1.82, 2.24) is 0 Å². The largest absolute Gasteiger partial charge is 0.391 e. The molecular weight excluding hydrogens is 244 g/mol. The molecule has 1 heterocycles. The van der Waals surface area contributed by atoms with Gasteiger partial charge in [-0.05, 0) is 30.7 Å². The van der Waals surface area contributed by atoms with Gasteiger partial charge in [0, 0.05) is 16.2 Å². The van der Waals surface area contributed by atoms with Crippen LogP contribution in [0.25, 0.3) is 6.08 Å². The van der Waals surface area contributed by atoms with E-state index in [1.807, 2.05) is 18.2 Å². The first-order valence-electron chi connectivity index (χ1n) is 6.66. The molecule has 0 aliphatic heterocycles. The predicted octanol–water partition coefficient (Wildman–Crippen LogP) is 4.18. The topological polar surface area (TPSA) is 37.3 Å². The molecule has 1 N–H and O–H groups in total. The lowest BCUT2D eigenvalue weighted by Crippen LogP contribution is -1.91. The zero-order chi connectivity index (χ0) is 13.2. The fourth-order valence-corrected chi connectivity index (χ4v) is 2.51. The van der Waals surface area contributed by atoms with Gasteiger partial charge in [-0.15, -0.1) is 11.3 Å². The molecule has 1 aromatic heterocycles. The Labute approximate surface area is 113 Å². The van der Waals surface area contributed by atoms with E-state index in [0.29, 0.717) is 6.42 Å². The molecule has 100 valence electrons. The third-order valence-electron chi connectivity index (χ3n) is 2.80. The van der Waals surface area contributed by atoms with E-state index >= 15 is 0 Å². The highest BCUT2D eigenvalue weighted by molar-refractivity contribution is 7.12. The van der Waals surface area contributed by atoms with Crippen LogP contribution in [0.3, 0.4) is 0 Å². The Morgan fingerprint density at radius 2 is 2.06 bits per heavy atom. The predicted molar refractivity (Wildman–Crippen MR) is 77.7 cm³/mol. The molecule has 18 heavy (non-hydrogen) atoms. The molecule has 3 heteroatoms. The maximum Gasteiger partial charge on any atom is 0.155 e. The van der Waals surface area contributed by atoms with Crippen LogP contribution in [0.5, 0.6) is 0 Å². The summed E-state index contributed by atoms with van der Waals surface area (Å²) in [5.41, 5.74) is 0. The number of carbonyl (C=O) groups is 1. The quantitative estimate of drug-likeness (QED) is 0.537. The van der Waals surface area contributed by atoms with Gasteiger partial charge in [-0.2, -0.15) is 0 Å². The van der Waals surface area contributed by atoms with Crippen molar-refractivity contribution in [3.05, 3.63) is 28.0 Å². The van der Waals surface area contributed by atoms with Crippen molar-refractivity contribution >= 4 is 23.2 Å². The first-order chi connectivity index (χ1) is 8.76. The first-order valence-corrected chi connectivity index (χ1v) is 7.48. The van der Waals surface area contributed by atoms with Gasteiger partial charge in [0.2, 0.25) is 0 Å². The van der Waals surface area contributed by atoms with E-state index in [2.05, 4.69) is 6.92 Å². The molecule has 0 unspecified atom stereocenters. The molecule has 0 aliphatic rings. The smallest absolute Gasteiger partial charge is 0.155 e. The zero-order valence-electron chi connectivity index (χ0n) is 11.0. The maximum atomic E-state index is 11.6. The number of aliphatic hydroxyl groups excluding tert-OH is 1. The Morgan fingerprint density at radius 1 is 1.28 bits per heavy atom. The molecule has 0 saturated carbocycles. The van der Waals surface area contributed by atoms with Gasteiger partial charge in [0.05, 0.1) is 6.61 Å². The fourth-order valence-electron chi connectivity index (χ4n) is 1.73.